The van der Waals surface area contributed by atoms with Crippen LogP contribution in [0.5, 0.6) is 0 Å². The second kappa shape index (κ2) is 5.26. The van der Waals surface area contributed by atoms with E-state index in [0.717, 1.165) is 12.8 Å². The lowest BCUT2D eigenvalue weighted by atomic mass is 10.1. The number of allylic oxidation sites excluding steroid dienone is 1. The first-order valence-electron chi connectivity index (χ1n) is 2.97. The largest absolute Gasteiger partial charge is 0.284 e. The summed E-state index contributed by atoms with van der Waals surface area (Å²) in [5.74, 6) is 1.53. The van der Waals surface area contributed by atoms with E-state index >= 15 is 0 Å². The molecule has 0 saturated carbocycles. The number of rotatable bonds is 4. The van der Waals surface area contributed by atoms with Crippen molar-refractivity contribution in [1.82, 2.24) is 0 Å². The van der Waals surface area contributed by atoms with E-state index in [9.17, 15) is 9.59 Å². The highest BCUT2D eigenvalue weighted by Gasteiger charge is 1.94. The SMILES string of the molecule is CCCCC([C]=O)=C=O. The molecule has 0 amide bonds. The molecular weight excluding hydrogens is 116 g/mol. The summed E-state index contributed by atoms with van der Waals surface area (Å²) in [6.45, 7) is 1.99. The molecule has 0 unspecified atom stereocenters. The Kier molecular flexibility index (Phi) is 4.75. The van der Waals surface area contributed by atoms with E-state index in [1.165, 1.54) is 12.2 Å². The molecule has 0 fully saturated rings. The Morgan fingerprint density at radius 2 is 2.11 bits per heavy atom. The number of carbonyl (C=O) groups excluding carboxylic acids is 2. The van der Waals surface area contributed by atoms with Gasteiger partial charge in [-0.05, 0) is 12.8 Å². The van der Waals surface area contributed by atoms with Crippen LogP contribution in [-0.2, 0) is 9.59 Å². The number of hydrogen-bond acceptors (Lipinski definition) is 2. The van der Waals surface area contributed by atoms with Crippen molar-refractivity contribution in [3.05, 3.63) is 5.57 Å². The normalized spacial score (nSPS) is 8.11. The van der Waals surface area contributed by atoms with Crippen LogP contribution in [0.2, 0.25) is 0 Å². The Morgan fingerprint density at radius 3 is 2.44 bits per heavy atom. The third-order valence-electron chi connectivity index (χ3n) is 1.03. The highest BCUT2D eigenvalue weighted by atomic mass is 16.1. The quantitative estimate of drug-likeness (QED) is 0.415. The van der Waals surface area contributed by atoms with Gasteiger partial charge in [0.25, 0.3) is 0 Å². The molecule has 2 nitrogen and oxygen atoms in total. The first-order valence-corrected chi connectivity index (χ1v) is 2.97. The summed E-state index contributed by atoms with van der Waals surface area (Å²) < 4.78 is 0. The van der Waals surface area contributed by atoms with E-state index in [4.69, 9.17) is 0 Å². The molecule has 0 aliphatic carbocycles. The summed E-state index contributed by atoms with van der Waals surface area (Å²) in [6.07, 6.45) is 3.89. The van der Waals surface area contributed by atoms with Crippen LogP contribution in [0.3, 0.4) is 0 Å². The third-order valence-corrected chi connectivity index (χ3v) is 1.03. The van der Waals surface area contributed by atoms with Gasteiger partial charge in [-0.2, -0.15) is 0 Å². The fourth-order valence-electron chi connectivity index (χ4n) is 0.476. The standard InChI is InChI=1S/C7H9O2/c1-2-3-4-7(5-8)6-9/h2-4H2,1H3. The first-order chi connectivity index (χ1) is 4.35. The Bertz CT molecular complexity index is 132. The summed E-state index contributed by atoms with van der Waals surface area (Å²) in [5.41, 5.74) is 0.122. The van der Waals surface area contributed by atoms with Crippen molar-refractivity contribution in [2.24, 2.45) is 0 Å². The molecule has 49 valence electrons. The van der Waals surface area contributed by atoms with Crippen molar-refractivity contribution in [2.45, 2.75) is 26.2 Å². The van der Waals surface area contributed by atoms with Gasteiger partial charge in [0.1, 0.15) is 5.94 Å². The molecule has 0 aromatic heterocycles. The average molecular weight is 125 g/mol. The van der Waals surface area contributed by atoms with Crippen molar-refractivity contribution >= 4 is 12.2 Å². The zero-order chi connectivity index (χ0) is 7.11. The van der Waals surface area contributed by atoms with Crippen LogP contribution < -0.4 is 0 Å². The zero-order valence-electron chi connectivity index (χ0n) is 5.44. The number of hydrogen-bond donors (Lipinski definition) is 0. The van der Waals surface area contributed by atoms with E-state index in [1.54, 1.807) is 0 Å². The van der Waals surface area contributed by atoms with Gasteiger partial charge in [0, 0.05) is 0 Å². The van der Waals surface area contributed by atoms with Crippen LogP contribution >= 0.6 is 0 Å². The smallest absolute Gasteiger partial charge is 0.240 e. The molecule has 0 bridgehead atoms. The van der Waals surface area contributed by atoms with Crippen molar-refractivity contribution in [2.75, 3.05) is 0 Å². The third kappa shape index (κ3) is 3.68. The molecule has 0 aliphatic heterocycles. The van der Waals surface area contributed by atoms with Gasteiger partial charge in [-0.25, -0.2) is 4.79 Å². The molecule has 0 spiro atoms. The predicted octanol–water partition coefficient (Wildman–Crippen LogP) is 1.04. The van der Waals surface area contributed by atoms with E-state index in [0.29, 0.717) is 6.42 Å². The monoisotopic (exact) mass is 125 g/mol. The lowest BCUT2D eigenvalue weighted by molar-refractivity contribution is 0.554. The molecule has 2 heteroatoms. The van der Waals surface area contributed by atoms with Crippen LogP contribution in [0.4, 0.5) is 0 Å². The first kappa shape index (κ1) is 8.12. The topological polar surface area (TPSA) is 34.1 Å². The van der Waals surface area contributed by atoms with Gasteiger partial charge < -0.3 is 0 Å². The zero-order valence-corrected chi connectivity index (χ0v) is 5.44. The fraction of sp³-hybridized carbons (Fsp3) is 0.571. The average Bonchev–Trinajstić information content (AvgIpc) is 1.91. The molecule has 0 atom stereocenters. The molecule has 0 saturated heterocycles. The van der Waals surface area contributed by atoms with Crippen LogP contribution in [-0.4, -0.2) is 12.2 Å². The predicted molar refractivity (Wildman–Crippen MR) is 34.4 cm³/mol. The second-order valence-electron chi connectivity index (χ2n) is 1.79. The van der Waals surface area contributed by atoms with E-state index in [2.05, 4.69) is 0 Å². The van der Waals surface area contributed by atoms with E-state index in [-0.39, 0.29) is 5.57 Å². The number of unbranched alkanes of at least 4 members (excludes halogenated alkanes) is 1. The summed E-state index contributed by atoms with van der Waals surface area (Å²) in [4.78, 5) is 19.6. The molecule has 0 heterocycles. The van der Waals surface area contributed by atoms with Gasteiger partial charge in [0.05, 0.1) is 5.57 Å². The maximum atomic E-state index is 9.82. The van der Waals surface area contributed by atoms with Crippen molar-refractivity contribution in [3.63, 3.8) is 0 Å². The molecule has 9 heavy (non-hydrogen) atoms. The van der Waals surface area contributed by atoms with Crippen LogP contribution in [0.1, 0.15) is 26.2 Å². The lowest BCUT2D eigenvalue weighted by Gasteiger charge is -1.87. The van der Waals surface area contributed by atoms with Gasteiger partial charge in [-0.15, -0.1) is 0 Å². The van der Waals surface area contributed by atoms with Crippen LogP contribution in [0.25, 0.3) is 0 Å². The Morgan fingerprint density at radius 1 is 1.44 bits per heavy atom. The maximum absolute atomic E-state index is 9.82. The van der Waals surface area contributed by atoms with Crippen LogP contribution in [0.15, 0.2) is 5.57 Å². The van der Waals surface area contributed by atoms with Gasteiger partial charge in [-0.3, -0.25) is 4.79 Å². The maximum Gasteiger partial charge on any atom is 0.240 e. The lowest BCUT2D eigenvalue weighted by Crippen LogP contribution is -1.84. The van der Waals surface area contributed by atoms with Crippen molar-refractivity contribution in [1.29, 1.82) is 0 Å². The Balaban J connectivity index is 3.58. The minimum atomic E-state index is 0.122. The second-order valence-corrected chi connectivity index (χ2v) is 1.79. The van der Waals surface area contributed by atoms with Gasteiger partial charge in [0.2, 0.25) is 6.29 Å². The molecular formula is C7H9O2. The van der Waals surface area contributed by atoms with E-state index in [1.807, 2.05) is 6.92 Å². The Hall–Kier alpha value is -0.880. The van der Waals surface area contributed by atoms with Crippen molar-refractivity contribution < 1.29 is 9.59 Å². The summed E-state index contributed by atoms with van der Waals surface area (Å²) in [6, 6.07) is 0. The fourth-order valence-corrected chi connectivity index (χ4v) is 0.476. The van der Waals surface area contributed by atoms with Gasteiger partial charge in [0.15, 0.2) is 0 Å². The Labute approximate surface area is 54.6 Å². The summed E-state index contributed by atoms with van der Waals surface area (Å²) in [5, 5.41) is 0. The highest BCUT2D eigenvalue weighted by Crippen LogP contribution is 1.99. The minimum absolute atomic E-state index is 0.122. The molecule has 0 aliphatic rings. The molecule has 0 aromatic rings. The van der Waals surface area contributed by atoms with Crippen molar-refractivity contribution in [3.8, 4) is 0 Å². The minimum Gasteiger partial charge on any atom is -0.284 e. The van der Waals surface area contributed by atoms with E-state index < -0.39 is 0 Å². The van der Waals surface area contributed by atoms with Crippen LogP contribution in [0, 0.1) is 0 Å². The molecule has 0 rings (SSSR count). The highest BCUT2D eigenvalue weighted by molar-refractivity contribution is 5.85. The van der Waals surface area contributed by atoms with Gasteiger partial charge in [-0.1, -0.05) is 13.3 Å². The summed E-state index contributed by atoms with van der Waals surface area (Å²) in [7, 11) is 0. The molecule has 1 radical (unpaired) electrons. The molecule has 0 N–H and O–H groups in total. The van der Waals surface area contributed by atoms with Gasteiger partial charge >= 0.3 is 0 Å². The molecule has 0 aromatic carbocycles. The summed E-state index contributed by atoms with van der Waals surface area (Å²) >= 11 is 0.